The SMILES string of the molecule is Cc1cncc(N2CCC(c3nnc4n3-c3ccc(Cl)cc3CN(C(C)C(F)(F)F)C4)CC2)n1. The summed E-state index contributed by atoms with van der Waals surface area (Å²) in [6.45, 7) is 4.86. The summed E-state index contributed by atoms with van der Waals surface area (Å²) < 4.78 is 42.7. The molecule has 34 heavy (non-hydrogen) atoms. The molecule has 0 bridgehead atoms. The van der Waals surface area contributed by atoms with Gasteiger partial charge in [0, 0.05) is 36.8 Å². The molecule has 1 atom stereocenters. The van der Waals surface area contributed by atoms with Crippen molar-refractivity contribution in [1.29, 1.82) is 0 Å². The van der Waals surface area contributed by atoms with Crippen LogP contribution in [-0.2, 0) is 13.1 Å². The van der Waals surface area contributed by atoms with E-state index in [1.54, 1.807) is 24.5 Å². The van der Waals surface area contributed by atoms with E-state index >= 15 is 0 Å². The van der Waals surface area contributed by atoms with Crippen LogP contribution in [0.1, 0.15) is 48.6 Å². The van der Waals surface area contributed by atoms with Gasteiger partial charge < -0.3 is 4.90 Å². The molecule has 2 aliphatic heterocycles. The number of aryl methyl sites for hydroxylation is 1. The lowest BCUT2D eigenvalue weighted by Crippen LogP contribution is -2.42. The molecule has 0 spiro atoms. The van der Waals surface area contributed by atoms with Crippen molar-refractivity contribution in [3.63, 3.8) is 0 Å². The quantitative estimate of drug-likeness (QED) is 0.530. The van der Waals surface area contributed by atoms with E-state index in [-0.39, 0.29) is 19.0 Å². The third kappa shape index (κ3) is 4.36. The summed E-state index contributed by atoms with van der Waals surface area (Å²) in [6.07, 6.45) is 0.822. The number of halogens is 4. The summed E-state index contributed by atoms with van der Waals surface area (Å²) in [5.74, 6) is 2.29. The lowest BCUT2D eigenvalue weighted by Gasteiger charge is -2.32. The molecule has 7 nitrogen and oxygen atoms in total. The Labute approximate surface area is 200 Å². The normalized spacial score (nSPS) is 18.4. The number of rotatable bonds is 3. The first-order valence-corrected chi connectivity index (χ1v) is 11.7. The summed E-state index contributed by atoms with van der Waals surface area (Å²) in [6, 6.07) is 3.73. The maximum atomic E-state index is 13.6. The van der Waals surface area contributed by atoms with Crippen LogP contribution in [0.4, 0.5) is 19.0 Å². The molecule has 180 valence electrons. The minimum Gasteiger partial charge on any atom is -0.355 e. The van der Waals surface area contributed by atoms with Crippen LogP contribution < -0.4 is 4.90 Å². The molecule has 1 unspecified atom stereocenters. The van der Waals surface area contributed by atoms with Gasteiger partial charge in [-0.25, -0.2) is 4.98 Å². The molecular weight excluding hydrogens is 467 g/mol. The molecule has 3 aromatic rings. The highest BCUT2D eigenvalue weighted by Gasteiger charge is 2.42. The van der Waals surface area contributed by atoms with Gasteiger partial charge in [-0.15, -0.1) is 10.2 Å². The van der Waals surface area contributed by atoms with Crippen LogP contribution in [0.2, 0.25) is 5.02 Å². The van der Waals surface area contributed by atoms with E-state index < -0.39 is 12.2 Å². The maximum absolute atomic E-state index is 13.6. The number of alkyl halides is 3. The zero-order chi connectivity index (χ0) is 24.0. The van der Waals surface area contributed by atoms with E-state index in [0.717, 1.165) is 54.5 Å². The molecule has 0 amide bonds. The van der Waals surface area contributed by atoms with Gasteiger partial charge in [-0.2, -0.15) is 13.2 Å². The topological polar surface area (TPSA) is 63.0 Å². The van der Waals surface area contributed by atoms with Gasteiger partial charge in [0.1, 0.15) is 17.7 Å². The summed E-state index contributed by atoms with van der Waals surface area (Å²) >= 11 is 6.22. The number of fused-ring (bicyclic) bond motifs is 3. The molecule has 11 heteroatoms. The average molecular weight is 492 g/mol. The number of anilines is 1. The standard InChI is InChI=1S/C23H25ClF3N7/c1-14-10-28-11-20(29-14)32-7-5-16(6-8-32)22-31-30-21-13-33(15(2)23(25,26)27)12-17-9-18(24)3-4-19(17)34(21)22/h3-4,9-11,15-16H,5-8,12-13H2,1-2H3. The maximum Gasteiger partial charge on any atom is 0.403 e. The van der Waals surface area contributed by atoms with Gasteiger partial charge in [-0.05, 0) is 50.5 Å². The first kappa shape index (κ1) is 23.0. The van der Waals surface area contributed by atoms with Crippen molar-refractivity contribution in [2.24, 2.45) is 0 Å². The molecule has 0 radical (unpaired) electrons. The molecule has 1 aromatic carbocycles. The number of aromatic nitrogens is 5. The predicted octanol–water partition coefficient (Wildman–Crippen LogP) is 4.67. The van der Waals surface area contributed by atoms with Crippen molar-refractivity contribution in [3.05, 3.63) is 58.5 Å². The van der Waals surface area contributed by atoms with Crippen LogP contribution in [0.15, 0.2) is 30.6 Å². The van der Waals surface area contributed by atoms with Gasteiger partial charge >= 0.3 is 6.18 Å². The Balaban J connectivity index is 1.46. The highest BCUT2D eigenvalue weighted by atomic mass is 35.5. The van der Waals surface area contributed by atoms with Gasteiger partial charge in [0.15, 0.2) is 5.82 Å². The average Bonchev–Trinajstić information content (AvgIpc) is 3.14. The first-order chi connectivity index (χ1) is 16.2. The minimum absolute atomic E-state index is 0.0533. The van der Waals surface area contributed by atoms with Crippen molar-refractivity contribution in [2.75, 3.05) is 18.0 Å². The Bertz CT molecular complexity index is 1190. The van der Waals surface area contributed by atoms with E-state index in [2.05, 4.69) is 25.1 Å². The monoisotopic (exact) mass is 491 g/mol. The fourth-order valence-electron chi connectivity index (χ4n) is 4.77. The van der Waals surface area contributed by atoms with E-state index in [4.69, 9.17) is 11.6 Å². The van der Waals surface area contributed by atoms with Crippen molar-refractivity contribution >= 4 is 17.4 Å². The Morgan fingerprint density at radius 3 is 2.56 bits per heavy atom. The summed E-state index contributed by atoms with van der Waals surface area (Å²) in [5, 5.41) is 9.32. The van der Waals surface area contributed by atoms with Crippen LogP contribution in [0.5, 0.6) is 0 Å². The van der Waals surface area contributed by atoms with E-state index in [1.807, 2.05) is 17.6 Å². The molecule has 5 rings (SSSR count). The fraction of sp³-hybridized carbons (Fsp3) is 0.478. The second-order valence-electron chi connectivity index (χ2n) is 8.99. The number of hydrogen-bond acceptors (Lipinski definition) is 6. The minimum atomic E-state index is -4.34. The van der Waals surface area contributed by atoms with Gasteiger partial charge in [0.25, 0.3) is 0 Å². The van der Waals surface area contributed by atoms with Gasteiger partial charge in [0.2, 0.25) is 0 Å². The lowest BCUT2D eigenvalue weighted by atomic mass is 9.95. The molecule has 0 N–H and O–H groups in total. The fourth-order valence-corrected chi connectivity index (χ4v) is 4.96. The summed E-state index contributed by atoms with van der Waals surface area (Å²) in [4.78, 5) is 12.4. The van der Waals surface area contributed by atoms with Crippen LogP contribution in [0.3, 0.4) is 0 Å². The van der Waals surface area contributed by atoms with Gasteiger partial charge in [-0.3, -0.25) is 14.5 Å². The van der Waals surface area contributed by atoms with E-state index in [0.29, 0.717) is 10.8 Å². The third-order valence-electron chi connectivity index (χ3n) is 6.70. The number of hydrogen-bond donors (Lipinski definition) is 0. The zero-order valence-electron chi connectivity index (χ0n) is 18.9. The Morgan fingerprint density at radius 2 is 1.85 bits per heavy atom. The summed E-state index contributed by atoms with van der Waals surface area (Å²) in [7, 11) is 0. The van der Waals surface area contributed by atoms with Gasteiger partial charge in [-0.1, -0.05) is 11.6 Å². The summed E-state index contributed by atoms with van der Waals surface area (Å²) in [5.41, 5.74) is 2.40. The lowest BCUT2D eigenvalue weighted by molar-refractivity contribution is -0.182. The third-order valence-corrected chi connectivity index (χ3v) is 6.94. The predicted molar refractivity (Wildman–Crippen MR) is 122 cm³/mol. The van der Waals surface area contributed by atoms with Crippen molar-refractivity contribution in [1.82, 2.24) is 29.6 Å². The molecule has 2 aliphatic rings. The van der Waals surface area contributed by atoms with Crippen molar-refractivity contribution in [2.45, 2.75) is 57.9 Å². The van der Waals surface area contributed by atoms with E-state index in [9.17, 15) is 13.2 Å². The van der Waals surface area contributed by atoms with Crippen LogP contribution in [0.25, 0.3) is 5.69 Å². The largest absolute Gasteiger partial charge is 0.403 e. The molecule has 1 fully saturated rings. The molecule has 4 heterocycles. The van der Waals surface area contributed by atoms with Crippen molar-refractivity contribution < 1.29 is 13.2 Å². The van der Waals surface area contributed by atoms with Crippen LogP contribution in [-0.4, -0.2) is 54.9 Å². The van der Waals surface area contributed by atoms with Crippen molar-refractivity contribution in [3.8, 4) is 5.69 Å². The highest BCUT2D eigenvalue weighted by molar-refractivity contribution is 6.30. The second kappa shape index (κ2) is 8.81. The van der Waals surface area contributed by atoms with E-state index in [1.165, 1.54) is 11.8 Å². The first-order valence-electron chi connectivity index (χ1n) is 11.3. The number of nitrogens with zero attached hydrogens (tertiary/aromatic N) is 7. The van der Waals surface area contributed by atoms with Gasteiger partial charge in [0.05, 0.1) is 24.1 Å². The Hall–Kier alpha value is -2.72. The molecule has 1 saturated heterocycles. The second-order valence-corrected chi connectivity index (χ2v) is 9.42. The zero-order valence-corrected chi connectivity index (χ0v) is 19.7. The van der Waals surface area contributed by atoms with Crippen LogP contribution >= 0.6 is 11.6 Å². The number of piperidine rings is 1. The Morgan fingerprint density at radius 1 is 1.09 bits per heavy atom. The number of benzene rings is 1. The Kier molecular flexibility index (Phi) is 5.97. The molecule has 2 aromatic heterocycles. The molecule has 0 saturated carbocycles. The smallest absolute Gasteiger partial charge is 0.355 e. The highest BCUT2D eigenvalue weighted by Crippen LogP contribution is 2.36. The van der Waals surface area contributed by atoms with Crippen LogP contribution in [0, 0.1) is 6.92 Å². The molecular formula is C23H25ClF3N7. The molecule has 0 aliphatic carbocycles.